The third-order valence-electron chi connectivity index (χ3n) is 8.09. The highest BCUT2D eigenvalue weighted by atomic mass is 32.1. The Morgan fingerprint density at radius 2 is 1.88 bits per heavy atom. The van der Waals surface area contributed by atoms with E-state index in [2.05, 4.69) is 46.4 Å². The third kappa shape index (κ3) is 7.21. The number of hydrogen-bond acceptors (Lipinski definition) is 5. The molecule has 1 aliphatic heterocycles. The Kier molecular flexibility index (Phi) is 9.94. The van der Waals surface area contributed by atoms with Crippen LogP contribution in [0.25, 0.3) is 10.9 Å². The highest BCUT2D eigenvalue weighted by molar-refractivity contribution is 7.08. The van der Waals surface area contributed by atoms with Crippen molar-refractivity contribution in [3.05, 3.63) is 82.2 Å². The minimum Gasteiger partial charge on any atom is -0.385 e. The molecule has 3 amide bonds. The Morgan fingerprint density at radius 3 is 2.64 bits per heavy atom. The van der Waals surface area contributed by atoms with E-state index < -0.39 is 0 Å². The molecule has 2 unspecified atom stereocenters. The number of hydrogen-bond donors (Lipinski definition) is 3. The second-order valence-electron chi connectivity index (χ2n) is 11.2. The van der Waals surface area contributed by atoms with E-state index in [1.807, 2.05) is 46.0 Å². The van der Waals surface area contributed by atoms with Crippen LogP contribution >= 0.6 is 11.3 Å². The average Bonchev–Trinajstić information content (AvgIpc) is 3.60. The van der Waals surface area contributed by atoms with E-state index in [0.29, 0.717) is 24.4 Å². The minimum absolute atomic E-state index is 0.121. The molecule has 5 rings (SSSR count). The van der Waals surface area contributed by atoms with Crippen molar-refractivity contribution >= 4 is 45.6 Å². The van der Waals surface area contributed by atoms with Crippen LogP contribution in [0, 0.1) is 6.92 Å². The van der Waals surface area contributed by atoms with Crippen molar-refractivity contribution < 1.29 is 14.3 Å². The van der Waals surface area contributed by atoms with Gasteiger partial charge in [-0.15, -0.1) is 0 Å². The monoisotopic (exact) mass is 587 g/mol. The van der Waals surface area contributed by atoms with E-state index >= 15 is 0 Å². The van der Waals surface area contributed by atoms with E-state index in [4.69, 9.17) is 10.5 Å². The van der Waals surface area contributed by atoms with Gasteiger partial charge < -0.3 is 30.6 Å². The van der Waals surface area contributed by atoms with Crippen molar-refractivity contribution in [2.75, 3.05) is 37.4 Å². The highest BCUT2D eigenvalue weighted by Crippen LogP contribution is 2.36. The molecule has 2 aromatic heterocycles. The van der Waals surface area contributed by atoms with E-state index in [0.717, 1.165) is 56.8 Å². The number of urea groups is 1. The fourth-order valence-electron chi connectivity index (χ4n) is 6.14. The summed E-state index contributed by atoms with van der Waals surface area (Å²) in [4.78, 5) is 27.6. The van der Waals surface area contributed by atoms with Gasteiger partial charge >= 0.3 is 6.03 Å². The molecule has 222 valence electrons. The predicted octanol–water partition coefficient (Wildman–Crippen LogP) is 6.36. The van der Waals surface area contributed by atoms with Gasteiger partial charge in [-0.3, -0.25) is 4.79 Å². The number of likely N-dealkylation sites (tertiary alicyclic amines) is 1. The topological polar surface area (TPSA) is 102 Å². The number of nitrogens with zero attached hydrogens (tertiary/aromatic N) is 2. The number of fused-ring (bicyclic) bond motifs is 1. The van der Waals surface area contributed by atoms with E-state index in [-0.39, 0.29) is 18.0 Å². The summed E-state index contributed by atoms with van der Waals surface area (Å²) in [6.07, 6.45) is 3.91. The summed E-state index contributed by atoms with van der Waals surface area (Å²) >= 11 is 1.53. The number of anilines is 2. The van der Waals surface area contributed by atoms with Gasteiger partial charge in [-0.25, -0.2) is 4.79 Å². The summed E-state index contributed by atoms with van der Waals surface area (Å²) in [5, 5.41) is 10.7. The Hall–Kier alpha value is -3.66. The molecule has 2 aromatic carbocycles. The number of methoxy groups -OCH3 is 1. The smallest absolute Gasteiger partial charge is 0.323 e. The summed E-state index contributed by atoms with van der Waals surface area (Å²) in [6, 6.07) is 17.5. The molecule has 0 aliphatic carbocycles. The highest BCUT2D eigenvalue weighted by Gasteiger charge is 2.29. The number of ether oxygens (including phenoxy) is 1. The number of rotatable bonds is 11. The van der Waals surface area contributed by atoms with E-state index in [1.54, 1.807) is 7.11 Å². The number of amides is 3. The summed E-state index contributed by atoms with van der Waals surface area (Å²) in [6.45, 7) is 5.35. The number of nitrogens with two attached hydrogens (primary N) is 1. The lowest BCUT2D eigenvalue weighted by Crippen LogP contribution is -2.42. The molecule has 0 saturated carbocycles. The van der Waals surface area contributed by atoms with Crippen molar-refractivity contribution in [3.63, 3.8) is 0 Å². The number of carbonyl (C=O) groups excluding carboxylic acids is 2. The zero-order chi connectivity index (χ0) is 29.5. The maximum atomic E-state index is 13.4. The Bertz CT molecular complexity index is 1480. The number of thiophene rings is 1. The second kappa shape index (κ2) is 14.0. The minimum atomic E-state index is -0.283. The molecule has 8 nitrogen and oxygen atoms in total. The van der Waals surface area contributed by atoms with Crippen molar-refractivity contribution in [1.29, 1.82) is 0 Å². The fourth-order valence-corrected chi connectivity index (χ4v) is 6.73. The number of benzene rings is 2. The largest absolute Gasteiger partial charge is 0.385 e. The Balaban J connectivity index is 1.18. The van der Waals surface area contributed by atoms with Crippen LogP contribution in [-0.2, 0) is 22.5 Å². The summed E-state index contributed by atoms with van der Waals surface area (Å²) in [7, 11) is 1.75. The zero-order valence-electron chi connectivity index (χ0n) is 24.5. The van der Waals surface area contributed by atoms with Crippen molar-refractivity contribution in [3.8, 4) is 0 Å². The van der Waals surface area contributed by atoms with Crippen LogP contribution in [0.2, 0.25) is 0 Å². The number of nitrogens with one attached hydrogen (secondary N) is 2. The summed E-state index contributed by atoms with van der Waals surface area (Å²) < 4.78 is 7.79. The van der Waals surface area contributed by atoms with Crippen LogP contribution in [0.4, 0.5) is 16.2 Å². The molecule has 0 bridgehead atoms. The van der Waals surface area contributed by atoms with Gasteiger partial charge in [0, 0.05) is 79.4 Å². The molecule has 0 spiro atoms. The molecule has 2 atom stereocenters. The van der Waals surface area contributed by atoms with Gasteiger partial charge in [0.1, 0.15) is 0 Å². The van der Waals surface area contributed by atoms with Gasteiger partial charge in [0.25, 0.3) is 0 Å². The van der Waals surface area contributed by atoms with Gasteiger partial charge in [-0.1, -0.05) is 30.3 Å². The Morgan fingerprint density at radius 1 is 1.10 bits per heavy atom. The Labute approximate surface area is 251 Å². The van der Waals surface area contributed by atoms with Crippen LogP contribution in [-0.4, -0.2) is 54.3 Å². The summed E-state index contributed by atoms with van der Waals surface area (Å²) in [5.74, 6) is 0.418. The van der Waals surface area contributed by atoms with Crippen LogP contribution in [0.1, 0.15) is 48.4 Å². The molecular weight excluding hydrogens is 546 g/mol. The first kappa shape index (κ1) is 29.8. The van der Waals surface area contributed by atoms with Crippen molar-refractivity contribution in [1.82, 2.24) is 9.47 Å². The average molecular weight is 588 g/mol. The SMILES string of the molecule is COCCCn1c(C2CCCN(C(=O)CC(N)Cc3ccc(NC(=O)Nc4ccsc4)cc3)C2)c(C)c2ccccc21. The molecule has 1 aliphatic rings. The lowest BCUT2D eigenvalue weighted by molar-refractivity contribution is -0.132. The van der Waals surface area contributed by atoms with Gasteiger partial charge in [-0.05, 0) is 73.4 Å². The van der Waals surface area contributed by atoms with Gasteiger partial charge in [0.15, 0.2) is 0 Å². The van der Waals surface area contributed by atoms with Crippen molar-refractivity contribution in [2.45, 2.75) is 57.5 Å². The molecule has 0 radical (unpaired) electrons. The lowest BCUT2D eigenvalue weighted by atomic mass is 9.91. The fraction of sp³-hybridized carbons (Fsp3) is 0.394. The standard InChI is InChI=1S/C33H41N5O3S/c1-23-29-8-3-4-9-30(29)38(16-6-17-41-2)32(23)25-7-5-15-37(21-25)31(39)20-26(34)19-24-10-12-27(13-11-24)35-33(40)36-28-14-18-42-22-28/h3-4,8-14,18,22,25-26H,5-7,15-17,19-21,34H2,1-2H3,(H2,35,36,40). The quantitative estimate of drug-likeness (QED) is 0.178. The normalized spacial score (nSPS) is 16.0. The number of aryl methyl sites for hydroxylation is 2. The first-order valence-corrected chi connectivity index (χ1v) is 15.7. The van der Waals surface area contributed by atoms with Crippen LogP contribution < -0.4 is 16.4 Å². The first-order chi connectivity index (χ1) is 20.4. The molecule has 1 fully saturated rings. The van der Waals surface area contributed by atoms with Crippen molar-refractivity contribution in [2.24, 2.45) is 5.73 Å². The van der Waals surface area contributed by atoms with Gasteiger partial charge in [0.2, 0.25) is 5.91 Å². The number of carbonyl (C=O) groups is 2. The molecule has 4 N–H and O–H groups in total. The summed E-state index contributed by atoms with van der Waals surface area (Å²) in [5.41, 5.74) is 12.9. The maximum absolute atomic E-state index is 13.4. The maximum Gasteiger partial charge on any atom is 0.323 e. The molecular formula is C33H41N5O3S. The zero-order valence-corrected chi connectivity index (χ0v) is 25.3. The molecule has 42 heavy (non-hydrogen) atoms. The molecule has 3 heterocycles. The molecule has 9 heteroatoms. The van der Waals surface area contributed by atoms with Gasteiger partial charge in [0.05, 0.1) is 5.69 Å². The predicted molar refractivity (Wildman–Crippen MR) is 171 cm³/mol. The third-order valence-corrected chi connectivity index (χ3v) is 8.77. The van der Waals surface area contributed by atoms with Crippen LogP contribution in [0.5, 0.6) is 0 Å². The lowest BCUT2D eigenvalue weighted by Gasteiger charge is -2.34. The van der Waals surface area contributed by atoms with E-state index in [9.17, 15) is 9.59 Å². The molecule has 1 saturated heterocycles. The van der Waals surface area contributed by atoms with E-state index in [1.165, 1.54) is 33.5 Å². The number of aromatic nitrogens is 1. The molecule has 4 aromatic rings. The number of piperidine rings is 1. The number of para-hydroxylation sites is 1. The second-order valence-corrected chi connectivity index (χ2v) is 11.9. The van der Waals surface area contributed by atoms with Gasteiger partial charge in [-0.2, -0.15) is 11.3 Å². The first-order valence-electron chi connectivity index (χ1n) is 14.7. The van der Waals surface area contributed by atoms with Crippen LogP contribution in [0.3, 0.4) is 0 Å². The van der Waals surface area contributed by atoms with Crippen LogP contribution in [0.15, 0.2) is 65.4 Å².